The van der Waals surface area contributed by atoms with Gasteiger partial charge in [0.25, 0.3) is 15.9 Å². The quantitative estimate of drug-likeness (QED) is 0.700. The van der Waals surface area contributed by atoms with E-state index in [1.807, 2.05) is 0 Å². The summed E-state index contributed by atoms with van der Waals surface area (Å²) >= 11 is 0. The van der Waals surface area contributed by atoms with Crippen LogP contribution in [0, 0.1) is 0 Å². The molecule has 3 rings (SSSR count). The largest absolute Gasteiger partial charge is 0.497 e. The van der Waals surface area contributed by atoms with Gasteiger partial charge in [-0.15, -0.1) is 0 Å². The van der Waals surface area contributed by atoms with Gasteiger partial charge in [-0.1, -0.05) is 0 Å². The molecule has 1 heterocycles. The third kappa shape index (κ3) is 6.36. The Labute approximate surface area is 184 Å². The normalized spacial score (nSPS) is 15.8. The number of methoxy groups -OCH3 is 1. The van der Waals surface area contributed by atoms with Gasteiger partial charge in [0, 0.05) is 37.4 Å². The van der Waals surface area contributed by atoms with Gasteiger partial charge in [-0.25, -0.2) is 8.42 Å². The van der Waals surface area contributed by atoms with Crippen molar-refractivity contribution in [2.75, 3.05) is 44.6 Å². The van der Waals surface area contributed by atoms with Crippen molar-refractivity contribution in [3.8, 4) is 5.75 Å². The molecule has 2 aromatic rings. The van der Waals surface area contributed by atoms with Crippen LogP contribution in [0.15, 0.2) is 53.4 Å². The molecule has 1 N–H and O–H groups in total. The number of sulfonamides is 1. The summed E-state index contributed by atoms with van der Waals surface area (Å²) in [6.45, 7) is -0.0932. The highest BCUT2D eigenvalue weighted by Gasteiger charge is 2.32. The SMILES string of the molecule is COc1ccc(NS(=O)(=O)c2ccc(C(=O)N3CCCN(CC(F)(F)F)CC3)cc2)cc1. The van der Waals surface area contributed by atoms with E-state index in [1.165, 1.54) is 41.2 Å². The molecule has 174 valence electrons. The first-order valence-corrected chi connectivity index (χ1v) is 11.4. The van der Waals surface area contributed by atoms with E-state index in [2.05, 4.69) is 4.72 Å². The van der Waals surface area contributed by atoms with Crippen LogP contribution >= 0.6 is 0 Å². The second-order valence-electron chi connectivity index (χ2n) is 7.40. The average molecular weight is 472 g/mol. The molecular formula is C21H24F3N3O4S. The van der Waals surface area contributed by atoms with E-state index < -0.39 is 22.7 Å². The lowest BCUT2D eigenvalue weighted by Gasteiger charge is -2.23. The molecule has 0 aromatic heterocycles. The summed E-state index contributed by atoms with van der Waals surface area (Å²) in [5.74, 6) is 0.247. The number of nitrogens with one attached hydrogen (secondary N) is 1. The molecule has 1 aliphatic heterocycles. The Kier molecular flexibility index (Phi) is 7.29. The second-order valence-corrected chi connectivity index (χ2v) is 9.08. The lowest BCUT2D eigenvalue weighted by atomic mass is 10.2. The Hall–Kier alpha value is -2.79. The fourth-order valence-electron chi connectivity index (χ4n) is 3.42. The van der Waals surface area contributed by atoms with Crippen LogP contribution < -0.4 is 9.46 Å². The number of carbonyl (C=O) groups is 1. The Morgan fingerprint density at radius 1 is 1.00 bits per heavy atom. The molecule has 1 saturated heterocycles. The number of anilines is 1. The summed E-state index contributed by atoms with van der Waals surface area (Å²) in [6.07, 6.45) is -3.85. The van der Waals surface area contributed by atoms with E-state index >= 15 is 0 Å². The zero-order valence-electron chi connectivity index (χ0n) is 17.4. The van der Waals surface area contributed by atoms with E-state index in [9.17, 15) is 26.4 Å². The van der Waals surface area contributed by atoms with Crippen LogP contribution in [0.3, 0.4) is 0 Å². The lowest BCUT2D eigenvalue weighted by molar-refractivity contribution is -0.145. The highest BCUT2D eigenvalue weighted by molar-refractivity contribution is 7.92. The molecular weight excluding hydrogens is 447 g/mol. The van der Waals surface area contributed by atoms with Crippen LogP contribution in [-0.2, 0) is 10.0 Å². The van der Waals surface area contributed by atoms with Gasteiger partial charge < -0.3 is 9.64 Å². The zero-order chi connectivity index (χ0) is 23.4. The molecule has 1 amide bonds. The summed E-state index contributed by atoms with van der Waals surface area (Å²) in [4.78, 5) is 15.5. The fourth-order valence-corrected chi connectivity index (χ4v) is 4.48. The summed E-state index contributed by atoms with van der Waals surface area (Å²) in [7, 11) is -2.35. The summed E-state index contributed by atoms with van der Waals surface area (Å²) < 4.78 is 70.5. The first-order valence-electron chi connectivity index (χ1n) is 9.93. The van der Waals surface area contributed by atoms with Crippen molar-refractivity contribution in [3.05, 3.63) is 54.1 Å². The Bertz CT molecular complexity index is 1030. The Balaban J connectivity index is 1.64. The number of benzene rings is 2. The first-order chi connectivity index (χ1) is 15.1. The van der Waals surface area contributed by atoms with Gasteiger partial charge in [-0.05, 0) is 55.0 Å². The van der Waals surface area contributed by atoms with Gasteiger partial charge in [-0.3, -0.25) is 14.4 Å². The van der Waals surface area contributed by atoms with Crippen molar-refractivity contribution >= 4 is 21.6 Å². The molecule has 0 radical (unpaired) electrons. The summed E-state index contributed by atoms with van der Waals surface area (Å²) in [5.41, 5.74) is 0.636. The molecule has 32 heavy (non-hydrogen) atoms. The maximum Gasteiger partial charge on any atom is 0.401 e. The summed E-state index contributed by atoms with van der Waals surface area (Å²) in [6, 6.07) is 11.8. The average Bonchev–Trinajstić information content (AvgIpc) is 2.98. The highest BCUT2D eigenvalue weighted by Crippen LogP contribution is 2.21. The van der Waals surface area contributed by atoms with Crippen molar-refractivity contribution in [2.24, 2.45) is 0 Å². The Morgan fingerprint density at radius 2 is 1.66 bits per heavy atom. The fraction of sp³-hybridized carbons (Fsp3) is 0.381. The molecule has 2 aromatic carbocycles. The molecule has 0 saturated carbocycles. The minimum atomic E-state index is -4.28. The van der Waals surface area contributed by atoms with Crippen LogP contribution in [0.25, 0.3) is 0 Å². The molecule has 0 atom stereocenters. The number of rotatable bonds is 6. The number of alkyl halides is 3. The number of hydrogen-bond acceptors (Lipinski definition) is 5. The molecule has 0 spiro atoms. The Morgan fingerprint density at radius 3 is 2.25 bits per heavy atom. The molecule has 11 heteroatoms. The lowest BCUT2D eigenvalue weighted by Crippen LogP contribution is -2.38. The van der Waals surface area contributed by atoms with E-state index in [-0.39, 0.29) is 36.0 Å². The molecule has 0 aliphatic carbocycles. The first kappa shape index (κ1) is 23.9. The second kappa shape index (κ2) is 9.78. The van der Waals surface area contributed by atoms with Gasteiger partial charge in [0.05, 0.1) is 18.6 Å². The van der Waals surface area contributed by atoms with Gasteiger partial charge in [-0.2, -0.15) is 13.2 Å². The highest BCUT2D eigenvalue weighted by atomic mass is 32.2. The third-order valence-electron chi connectivity index (χ3n) is 5.03. The minimum absolute atomic E-state index is 0.0166. The molecule has 7 nitrogen and oxygen atoms in total. The monoisotopic (exact) mass is 471 g/mol. The molecule has 0 bridgehead atoms. The van der Waals surface area contributed by atoms with E-state index in [4.69, 9.17) is 4.74 Å². The number of hydrogen-bond donors (Lipinski definition) is 1. The van der Waals surface area contributed by atoms with Crippen LogP contribution in [0.2, 0.25) is 0 Å². The topological polar surface area (TPSA) is 78.9 Å². The van der Waals surface area contributed by atoms with E-state index in [0.717, 1.165) is 0 Å². The van der Waals surface area contributed by atoms with Crippen LogP contribution in [0.4, 0.5) is 18.9 Å². The van der Waals surface area contributed by atoms with Crippen molar-refractivity contribution in [2.45, 2.75) is 17.5 Å². The van der Waals surface area contributed by atoms with Crippen molar-refractivity contribution in [1.82, 2.24) is 9.80 Å². The maximum absolute atomic E-state index is 12.8. The third-order valence-corrected chi connectivity index (χ3v) is 6.43. The summed E-state index contributed by atoms with van der Waals surface area (Å²) in [5, 5.41) is 0. The van der Waals surface area contributed by atoms with Crippen molar-refractivity contribution in [3.63, 3.8) is 0 Å². The zero-order valence-corrected chi connectivity index (χ0v) is 18.2. The predicted molar refractivity (Wildman–Crippen MR) is 113 cm³/mol. The number of ether oxygens (including phenoxy) is 1. The molecule has 1 fully saturated rings. The van der Waals surface area contributed by atoms with Crippen molar-refractivity contribution < 1.29 is 31.1 Å². The number of carbonyl (C=O) groups excluding carboxylic acids is 1. The number of amides is 1. The van der Waals surface area contributed by atoms with Crippen LogP contribution in [-0.4, -0.2) is 70.1 Å². The van der Waals surface area contributed by atoms with Gasteiger partial charge in [0.1, 0.15) is 5.75 Å². The number of nitrogens with zero attached hydrogens (tertiary/aromatic N) is 2. The van der Waals surface area contributed by atoms with Crippen LogP contribution in [0.5, 0.6) is 5.75 Å². The molecule has 0 unspecified atom stereocenters. The van der Waals surface area contributed by atoms with Gasteiger partial charge in [0.2, 0.25) is 0 Å². The number of halogens is 3. The van der Waals surface area contributed by atoms with E-state index in [0.29, 0.717) is 24.4 Å². The minimum Gasteiger partial charge on any atom is -0.497 e. The van der Waals surface area contributed by atoms with Gasteiger partial charge in [0.15, 0.2) is 0 Å². The van der Waals surface area contributed by atoms with Crippen molar-refractivity contribution in [1.29, 1.82) is 0 Å². The molecule has 1 aliphatic rings. The van der Waals surface area contributed by atoms with Gasteiger partial charge >= 0.3 is 6.18 Å². The van der Waals surface area contributed by atoms with Crippen LogP contribution in [0.1, 0.15) is 16.8 Å². The maximum atomic E-state index is 12.8. The smallest absolute Gasteiger partial charge is 0.401 e. The van der Waals surface area contributed by atoms with E-state index in [1.54, 1.807) is 24.3 Å². The standard InChI is InChI=1S/C21H24F3N3O4S/c1-31-18-7-5-17(6-8-18)25-32(29,30)19-9-3-16(4-10-19)20(28)27-12-2-11-26(13-14-27)15-21(22,23)24/h3-10,25H,2,11-15H2,1H3. The predicted octanol–water partition coefficient (Wildman–Crippen LogP) is 3.21.